The van der Waals surface area contributed by atoms with Crippen LogP contribution in [0.25, 0.3) is 21.3 Å². The molecule has 0 amide bonds. The molecular formula is C25H27N4OS+. The van der Waals surface area contributed by atoms with E-state index in [0.717, 1.165) is 61.3 Å². The second-order valence-electron chi connectivity index (χ2n) is 8.04. The Kier molecular flexibility index (Phi) is 5.93. The van der Waals surface area contributed by atoms with E-state index in [1.165, 1.54) is 21.6 Å². The minimum Gasteiger partial charge on any atom is -0.370 e. The number of quaternary nitrogens is 1. The molecule has 5 nitrogen and oxygen atoms in total. The van der Waals surface area contributed by atoms with Crippen molar-refractivity contribution in [2.24, 2.45) is 0 Å². The average molecular weight is 432 g/mol. The van der Waals surface area contributed by atoms with Crippen LogP contribution < -0.4 is 9.80 Å². The largest absolute Gasteiger partial charge is 0.370 e. The molecule has 0 aliphatic carbocycles. The molecule has 2 aromatic heterocycles. The smallest absolute Gasteiger partial charge is 0.187 e. The molecule has 31 heavy (non-hydrogen) atoms. The van der Waals surface area contributed by atoms with Gasteiger partial charge in [0.25, 0.3) is 0 Å². The van der Waals surface area contributed by atoms with Gasteiger partial charge in [0.2, 0.25) is 0 Å². The lowest BCUT2D eigenvalue weighted by molar-refractivity contribution is -0.922. The number of hydrogen-bond acceptors (Lipinski definition) is 5. The summed E-state index contributed by atoms with van der Waals surface area (Å²) in [4.78, 5) is 14.9. The van der Waals surface area contributed by atoms with Crippen molar-refractivity contribution >= 4 is 27.4 Å². The van der Waals surface area contributed by atoms with Gasteiger partial charge >= 0.3 is 0 Å². The molecule has 0 radical (unpaired) electrons. The lowest BCUT2D eigenvalue weighted by atomic mass is 10.1. The van der Waals surface area contributed by atoms with Gasteiger partial charge in [0.1, 0.15) is 30.3 Å². The van der Waals surface area contributed by atoms with Crippen LogP contribution in [0.15, 0.2) is 66.0 Å². The molecule has 0 atom stereocenters. The van der Waals surface area contributed by atoms with Crippen LogP contribution in [0.2, 0.25) is 0 Å². The fourth-order valence-corrected chi connectivity index (χ4v) is 5.11. The quantitative estimate of drug-likeness (QED) is 0.508. The van der Waals surface area contributed by atoms with Crippen LogP contribution in [0.1, 0.15) is 11.4 Å². The third-order valence-corrected chi connectivity index (χ3v) is 6.65. The maximum absolute atomic E-state index is 5.52. The molecule has 4 aromatic rings. The van der Waals surface area contributed by atoms with Gasteiger partial charge in [-0.2, -0.15) is 0 Å². The monoisotopic (exact) mass is 431 g/mol. The molecule has 2 aromatic carbocycles. The molecular weight excluding hydrogens is 404 g/mol. The molecule has 5 rings (SSSR count). The maximum atomic E-state index is 5.52. The number of fused-ring (bicyclic) bond motifs is 1. The number of nitrogens with one attached hydrogen (secondary N) is 1. The van der Waals surface area contributed by atoms with Gasteiger partial charge in [-0.05, 0) is 11.1 Å². The predicted molar refractivity (Wildman–Crippen MR) is 127 cm³/mol. The Hall–Kier alpha value is -2.80. The Morgan fingerprint density at radius 2 is 1.68 bits per heavy atom. The number of thiophene rings is 1. The molecule has 0 bridgehead atoms. The van der Waals surface area contributed by atoms with E-state index >= 15 is 0 Å². The molecule has 6 heteroatoms. The molecule has 158 valence electrons. The van der Waals surface area contributed by atoms with E-state index in [2.05, 4.69) is 78.0 Å². The number of ether oxygens (including phenoxy) is 1. The van der Waals surface area contributed by atoms with Crippen LogP contribution in [0.4, 0.5) is 5.82 Å². The van der Waals surface area contributed by atoms with E-state index < -0.39 is 0 Å². The van der Waals surface area contributed by atoms with Gasteiger partial charge in [-0.3, -0.25) is 0 Å². The summed E-state index contributed by atoms with van der Waals surface area (Å²) >= 11 is 1.71. The van der Waals surface area contributed by atoms with Gasteiger partial charge in [-0.15, -0.1) is 11.3 Å². The fraction of sp³-hybridized carbons (Fsp3) is 0.280. The Labute approximate surface area is 186 Å². The first-order valence-corrected chi connectivity index (χ1v) is 11.7. The highest BCUT2D eigenvalue weighted by Gasteiger charge is 2.21. The summed E-state index contributed by atoms with van der Waals surface area (Å²) in [7, 11) is 2.13. The molecule has 0 unspecified atom stereocenters. The summed E-state index contributed by atoms with van der Waals surface area (Å²) in [5.41, 5.74) is 3.69. The molecule has 1 N–H and O–H groups in total. The third-order valence-electron chi connectivity index (χ3n) is 5.78. The van der Waals surface area contributed by atoms with Crippen LogP contribution >= 0.6 is 11.3 Å². The Morgan fingerprint density at radius 3 is 2.42 bits per heavy atom. The van der Waals surface area contributed by atoms with Crippen LogP contribution in [-0.4, -0.2) is 43.3 Å². The average Bonchev–Trinajstić information content (AvgIpc) is 3.24. The van der Waals surface area contributed by atoms with Crippen molar-refractivity contribution in [2.45, 2.75) is 13.1 Å². The van der Waals surface area contributed by atoms with Gasteiger partial charge in [0.15, 0.2) is 5.82 Å². The summed E-state index contributed by atoms with van der Waals surface area (Å²) < 4.78 is 5.52. The minimum absolute atomic E-state index is 0.806. The third kappa shape index (κ3) is 4.46. The summed E-state index contributed by atoms with van der Waals surface area (Å²) in [5, 5.41) is 3.37. The van der Waals surface area contributed by atoms with Crippen molar-refractivity contribution in [2.75, 3.05) is 38.3 Å². The molecule has 1 fully saturated rings. The SMILES string of the molecule is CN(Cc1ccccc1)c1nc(C[NH+]2CCOCC2)nc2scc(-c3ccccc3)c12. The highest BCUT2D eigenvalue weighted by atomic mass is 32.1. The number of anilines is 1. The van der Waals surface area contributed by atoms with Crippen molar-refractivity contribution in [3.63, 3.8) is 0 Å². The van der Waals surface area contributed by atoms with Gasteiger partial charge in [0, 0.05) is 24.5 Å². The number of benzene rings is 2. The van der Waals surface area contributed by atoms with E-state index in [1.807, 2.05) is 0 Å². The van der Waals surface area contributed by atoms with Gasteiger partial charge in [-0.1, -0.05) is 60.7 Å². The zero-order valence-corrected chi connectivity index (χ0v) is 18.6. The van der Waals surface area contributed by atoms with E-state index in [1.54, 1.807) is 11.3 Å². The van der Waals surface area contributed by atoms with Crippen LogP contribution in [0.5, 0.6) is 0 Å². The van der Waals surface area contributed by atoms with Crippen molar-refractivity contribution in [1.82, 2.24) is 9.97 Å². The van der Waals surface area contributed by atoms with E-state index in [0.29, 0.717) is 0 Å². The Morgan fingerprint density at radius 1 is 0.968 bits per heavy atom. The minimum atomic E-state index is 0.806. The van der Waals surface area contributed by atoms with Gasteiger partial charge < -0.3 is 14.5 Å². The molecule has 1 saturated heterocycles. The lowest BCUT2D eigenvalue weighted by Crippen LogP contribution is -3.12. The lowest BCUT2D eigenvalue weighted by Gasteiger charge is -2.24. The van der Waals surface area contributed by atoms with E-state index in [9.17, 15) is 0 Å². The van der Waals surface area contributed by atoms with E-state index in [4.69, 9.17) is 14.7 Å². The number of nitrogens with zero attached hydrogens (tertiary/aromatic N) is 3. The first-order chi connectivity index (χ1) is 15.3. The maximum Gasteiger partial charge on any atom is 0.187 e. The number of rotatable bonds is 6. The van der Waals surface area contributed by atoms with Crippen molar-refractivity contribution < 1.29 is 9.64 Å². The summed E-state index contributed by atoms with van der Waals surface area (Å²) in [6.07, 6.45) is 0. The topological polar surface area (TPSA) is 42.7 Å². The van der Waals surface area contributed by atoms with Crippen LogP contribution in [-0.2, 0) is 17.8 Å². The normalized spacial score (nSPS) is 14.7. The second-order valence-corrected chi connectivity index (χ2v) is 8.90. The van der Waals surface area contributed by atoms with Crippen molar-refractivity contribution in [1.29, 1.82) is 0 Å². The zero-order chi connectivity index (χ0) is 21.0. The molecule has 0 saturated carbocycles. The Bertz CT molecular complexity index is 1140. The number of morpholine rings is 1. The Balaban J connectivity index is 1.57. The molecule has 3 heterocycles. The van der Waals surface area contributed by atoms with Crippen LogP contribution in [0, 0.1) is 0 Å². The first kappa shape index (κ1) is 20.1. The predicted octanol–water partition coefficient (Wildman–Crippen LogP) is 3.41. The molecule has 1 aliphatic rings. The fourth-order valence-electron chi connectivity index (χ4n) is 4.14. The number of hydrogen-bond donors (Lipinski definition) is 1. The highest BCUT2D eigenvalue weighted by molar-refractivity contribution is 7.17. The second kappa shape index (κ2) is 9.14. The van der Waals surface area contributed by atoms with Crippen LogP contribution in [0.3, 0.4) is 0 Å². The molecule has 0 spiro atoms. The van der Waals surface area contributed by atoms with Crippen molar-refractivity contribution in [3.05, 3.63) is 77.4 Å². The van der Waals surface area contributed by atoms with Gasteiger partial charge in [-0.25, -0.2) is 9.97 Å². The summed E-state index contributed by atoms with van der Waals surface area (Å²) in [6, 6.07) is 21.1. The van der Waals surface area contributed by atoms with E-state index in [-0.39, 0.29) is 0 Å². The standard InChI is InChI=1S/C25H26N4OS/c1-28(16-19-8-4-2-5-9-19)24-23-21(20-10-6-3-7-11-20)18-31-25(23)27-22(26-24)17-29-12-14-30-15-13-29/h2-11,18H,12-17H2,1H3/p+1. The first-order valence-electron chi connectivity index (χ1n) is 10.8. The summed E-state index contributed by atoms with van der Waals surface area (Å²) in [6.45, 7) is 5.29. The van der Waals surface area contributed by atoms with Gasteiger partial charge in [0.05, 0.1) is 18.6 Å². The van der Waals surface area contributed by atoms with Crippen molar-refractivity contribution in [3.8, 4) is 11.1 Å². The molecule has 1 aliphatic heterocycles. The summed E-state index contributed by atoms with van der Waals surface area (Å²) in [5.74, 6) is 1.93. The highest BCUT2D eigenvalue weighted by Crippen LogP contribution is 2.38. The zero-order valence-electron chi connectivity index (χ0n) is 17.8. The number of aromatic nitrogens is 2.